The number of likely N-dealkylation sites (N-methyl/N-ethyl adjacent to an activating group) is 1. The Morgan fingerprint density at radius 3 is 2.45 bits per heavy atom. The first kappa shape index (κ1) is 30.1. The number of hydrogen-bond donors (Lipinski definition) is 1. The average Bonchev–Trinajstić information content (AvgIpc) is 3.32. The standard InChI is InChI=1S/C21H27N3O.C13H15F2NO/c1-23-13-14-24(21(16-23)11-5-6-12-21)15-18-9-10-19(22-20(18)25)17-7-3-2-4-8-17;14-10-5-6-12(15)11(8-10)13-4-2-1-3-7-16(13)9-17/h2-4,7-10H,5-6,11-16H2,1H3,(H,22,25);5-6,8-9,13H,1-4,7H2. The van der Waals surface area contributed by atoms with Crippen LogP contribution in [0.4, 0.5) is 8.78 Å². The molecule has 6 rings (SSSR count). The third-order valence-electron chi connectivity index (χ3n) is 9.20. The van der Waals surface area contributed by atoms with Gasteiger partial charge in [-0.05, 0) is 62.6 Å². The lowest BCUT2D eigenvalue weighted by molar-refractivity contribution is -0.120. The van der Waals surface area contributed by atoms with E-state index >= 15 is 0 Å². The summed E-state index contributed by atoms with van der Waals surface area (Å²) < 4.78 is 26.8. The normalized spacial score (nSPS) is 21.0. The minimum Gasteiger partial charge on any atom is -0.338 e. The van der Waals surface area contributed by atoms with Crippen LogP contribution in [0.15, 0.2) is 65.5 Å². The van der Waals surface area contributed by atoms with Crippen molar-refractivity contribution in [2.75, 3.05) is 33.2 Å². The molecule has 3 aromatic rings. The highest BCUT2D eigenvalue weighted by Gasteiger charge is 2.42. The van der Waals surface area contributed by atoms with Gasteiger partial charge in [-0.15, -0.1) is 0 Å². The molecular formula is C34H42F2N4O2. The van der Waals surface area contributed by atoms with Gasteiger partial charge in [0, 0.05) is 55.1 Å². The number of aromatic amines is 1. The van der Waals surface area contributed by atoms with Crippen molar-refractivity contribution >= 4 is 6.41 Å². The molecule has 6 nitrogen and oxygen atoms in total. The predicted octanol–water partition coefficient (Wildman–Crippen LogP) is 6.14. The number of piperazine rings is 1. The minimum absolute atomic E-state index is 0.0495. The lowest BCUT2D eigenvalue weighted by atomic mass is 9.91. The van der Waals surface area contributed by atoms with Gasteiger partial charge in [0.25, 0.3) is 5.56 Å². The van der Waals surface area contributed by atoms with Gasteiger partial charge in [-0.25, -0.2) is 8.78 Å². The summed E-state index contributed by atoms with van der Waals surface area (Å²) in [6.07, 6.45) is 9.46. The summed E-state index contributed by atoms with van der Waals surface area (Å²) in [4.78, 5) is 33.3. The van der Waals surface area contributed by atoms with Crippen LogP contribution in [-0.4, -0.2) is 64.9 Å². The van der Waals surface area contributed by atoms with E-state index in [9.17, 15) is 18.4 Å². The Bertz CT molecular complexity index is 1390. The van der Waals surface area contributed by atoms with E-state index in [2.05, 4.69) is 21.8 Å². The largest absolute Gasteiger partial charge is 0.338 e. The van der Waals surface area contributed by atoms with E-state index in [-0.39, 0.29) is 17.1 Å². The highest BCUT2D eigenvalue weighted by atomic mass is 19.1. The van der Waals surface area contributed by atoms with Gasteiger partial charge in [-0.2, -0.15) is 0 Å². The van der Waals surface area contributed by atoms with Crippen molar-refractivity contribution < 1.29 is 13.6 Å². The van der Waals surface area contributed by atoms with Crippen LogP contribution < -0.4 is 5.56 Å². The second-order valence-corrected chi connectivity index (χ2v) is 12.1. The second kappa shape index (κ2) is 13.7. The van der Waals surface area contributed by atoms with E-state index < -0.39 is 11.6 Å². The van der Waals surface area contributed by atoms with Crippen LogP contribution in [0, 0.1) is 11.6 Å². The fraction of sp³-hybridized carbons (Fsp3) is 0.471. The topological polar surface area (TPSA) is 59.7 Å². The van der Waals surface area contributed by atoms with E-state index in [1.807, 2.05) is 42.5 Å². The Balaban J connectivity index is 0.000000181. The Kier molecular flexibility index (Phi) is 9.85. The summed E-state index contributed by atoms with van der Waals surface area (Å²) in [5.74, 6) is -0.901. The lowest BCUT2D eigenvalue weighted by Crippen LogP contribution is -2.59. The smallest absolute Gasteiger partial charge is 0.252 e. The number of benzene rings is 2. The van der Waals surface area contributed by atoms with Crippen molar-refractivity contribution in [3.05, 3.63) is 93.8 Å². The highest BCUT2D eigenvalue weighted by Crippen LogP contribution is 2.38. The van der Waals surface area contributed by atoms with Gasteiger partial charge in [-0.3, -0.25) is 14.5 Å². The highest BCUT2D eigenvalue weighted by molar-refractivity contribution is 5.58. The summed E-state index contributed by atoms with van der Waals surface area (Å²) in [6, 6.07) is 17.2. The zero-order valence-corrected chi connectivity index (χ0v) is 24.5. The number of aromatic nitrogens is 1. The first-order chi connectivity index (χ1) is 20.4. The average molecular weight is 577 g/mol. The third-order valence-corrected chi connectivity index (χ3v) is 9.20. The molecule has 3 fully saturated rings. The van der Waals surface area contributed by atoms with Gasteiger partial charge >= 0.3 is 0 Å². The molecule has 2 saturated heterocycles. The molecule has 1 aliphatic carbocycles. The third kappa shape index (κ3) is 6.98. The molecule has 0 radical (unpaired) electrons. The Morgan fingerprint density at radius 2 is 1.71 bits per heavy atom. The predicted molar refractivity (Wildman–Crippen MR) is 162 cm³/mol. The molecule has 1 spiro atoms. The van der Waals surface area contributed by atoms with Gasteiger partial charge in [0.1, 0.15) is 11.6 Å². The van der Waals surface area contributed by atoms with Gasteiger partial charge in [-0.1, -0.05) is 62.1 Å². The summed E-state index contributed by atoms with van der Waals surface area (Å²) in [5, 5.41) is 0. The Labute approximate surface area is 247 Å². The fourth-order valence-corrected chi connectivity index (χ4v) is 6.95. The molecule has 3 aliphatic rings. The fourth-order valence-electron chi connectivity index (χ4n) is 6.95. The molecule has 8 heteroatoms. The second-order valence-electron chi connectivity index (χ2n) is 12.1. The molecule has 1 unspecified atom stereocenters. The monoisotopic (exact) mass is 576 g/mol. The van der Waals surface area contributed by atoms with E-state index in [1.54, 1.807) is 4.90 Å². The van der Waals surface area contributed by atoms with Crippen molar-refractivity contribution in [3.63, 3.8) is 0 Å². The zero-order valence-electron chi connectivity index (χ0n) is 24.5. The number of nitrogens with zero attached hydrogens (tertiary/aromatic N) is 3. The lowest BCUT2D eigenvalue weighted by Gasteiger charge is -2.48. The molecule has 1 amide bonds. The molecule has 1 N–H and O–H groups in total. The molecule has 1 aromatic heterocycles. The number of nitrogens with one attached hydrogen (secondary N) is 1. The number of H-pyrrole nitrogens is 1. The maximum Gasteiger partial charge on any atom is 0.252 e. The van der Waals surface area contributed by atoms with Crippen molar-refractivity contribution in [3.8, 4) is 11.3 Å². The maximum atomic E-state index is 13.7. The quantitative estimate of drug-likeness (QED) is 0.371. The summed E-state index contributed by atoms with van der Waals surface area (Å²) >= 11 is 0. The number of halogens is 2. The molecule has 0 bridgehead atoms. The van der Waals surface area contributed by atoms with Crippen LogP contribution in [0.3, 0.4) is 0 Å². The maximum absolute atomic E-state index is 13.7. The molecule has 224 valence electrons. The van der Waals surface area contributed by atoms with Crippen LogP contribution in [0.1, 0.15) is 68.5 Å². The van der Waals surface area contributed by atoms with Crippen molar-refractivity contribution in [1.29, 1.82) is 0 Å². The first-order valence-corrected chi connectivity index (χ1v) is 15.3. The number of hydrogen-bond acceptors (Lipinski definition) is 4. The van der Waals surface area contributed by atoms with E-state index in [4.69, 9.17) is 0 Å². The molecule has 1 saturated carbocycles. The van der Waals surface area contributed by atoms with E-state index in [1.165, 1.54) is 31.7 Å². The number of likely N-dealkylation sites (tertiary alicyclic amines) is 1. The summed E-state index contributed by atoms with van der Waals surface area (Å²) in [7, 11) is 2.22. The van der Waals surface area contributed by atoms with Gasteiger partial charge in [0.05, 0.1) is 6.04 Å². The molecule has 42 heavy (non-hydrogen) atoms. The Hall–Kier alpha value is -3.36. The first-order valence-electron chi connectivity index (χ1n) is 15.3. The Morgan fingerprint density at radius 1 is 0.929 bits per heavy atom. The molecular weight excluding hydrogens is 534 g/mol. The van der Waals surface area contributed by atoms with Crippen LogP contribution >= 0.6 is 0 Å². The molecule has 3 heterocycles. The minimum atomic E-state index is -0.462. The summed E-state index contributed by atoms with van der Waals surface area (Å²) in [6.45, 7) is 4.65. The van der Waals surface area contributed by atoms with Gasteiger partial charge in [0.2, 0.25) is 6.41 Å². The van der Waals surface area contributed by atoms with Crippen LogP contribution in [-0.2, 0) is 11.3 Å². The van der Waals surface area contributed by atoms with Crippen LogP contribution in [0.2, 0.25) is 0 Å². The van der Waals surface area contributed by atoms with Gasteiger partial charge < -0.3 is 14.8 Å². The van der Waals surface area contributed by atoms with Crippen molar-refractivity contribution in [1.82, 2.24) is 19.7 Å². The molecule has 2 aromatic carbocycles. The number of amides is 1. The SMILES string of the molecule is CN1CCN(Cc2ccc(-c3ccccc3)[nH]c2=O)C2(CCCC2)C1.O=CN1CCCCCC1c1cc(F)ccc1F. The molecule has 1 atom stereocenters. The van der Waals surface area contributed by atoms with E-state index in [0.717, 1.165) is 80.8 Å². The number of rotatable bonds is 5. The van der Waals surface area contributed by atoms with Gasteiger partial charge in [0.15, 0.2) is 0 Å². The number of carbonyl (C=O) groups is 1. The number of carbonyl (C=O) groups excluding carboxylic acids is 1. The van der Waals surface area contributed by atoms with E-state index in [0.29, 0.717) is 18.5 Å². The van der Waals surface area contributed by atoms with Crippen LogP contribution in [0.5, 0.6) is 0 Å². The van der Waals surface area contributed by atoms with Crippen molar-refractivity contribution in [2.45, 2.75) is 69.5 Å². The molecule has 2 aliphatic heterocycles. The number of pyridine rings is 1. The zero-order chi connectivity index (χ0) is 29.5. The summed E-state index contributed by atoms with van der Waals surface area (Å²) in [5.41, 5.74) is 3.45. The van der Waals surface area contributed by atoms with Crippen LogP contribution in [0.25, 0.3) is 11.3 Å². The van der Waals surface area contributed by atoms with Crippen molar-refractivity contribution in [2.24, 2.45) is 0 Å².